The summed E-state index contributed by atoms with van der Waals surface area (Å²) < 4.78 is 23.5. The summed E-state index contributed by atoms with van der Waals surface area (Å²) in [6.45, 7) is 0.751. The first-order valence-electron chi connectivity index (χ1n) is 5.98. The van der Waals surface area contributed by atoms with E-state index in [9.17, 15) is 4.39 Å². The van der Waals surface area contributed by atoms with Gasteiger partial charge in [-0.15, -0.1) is 0 Å². The number of anilines is 1. The smallest absolute Gasteiger partial charge is 0.162 e. The zero-order chi connectivity index (χ0) is 13.4. The predicted molar refractivity (Wildman–Crippen MR) is 69.8 cm³/mol. The lowest BCUT2D eigenvalue weighted by Gasteiger charge is -2.35. The number of fused-ring (bicyclic) bond motifs is 1. The van der Waals surface area contributed by atoms with E-state index in [1.165, 1.54) is 6.33 Å². The van der Waals surface area contributed by atoms with Gasteiger partial charge in [-0.3, -0.25) is 0 Å². The number of nitrogens with zero attached hydrogens (tertiary/aromatic N) is 3. The number of benzene rings is 1. The molecule has 6 heteroatoms. The topological polar surface area (TPSA) is 47.5 Å². The monoisotopic (exact) mass is 263 g/mol. The second-order valence-corrected chi connectivity index (χ2v) is 4.42. The molecule has 0 atom stereocenters. The van der Waals surface area contributed by atoms with Crippen molar-refractivity contribution in [1.82, 2.24) is 9.97 Å². The van der Waals surface area contributed by atoms with Gasteiger partial charge in [-0.2, -0.15) is 0 Å². The third kappa shape index (κ3) is 1.93. The van der Waals surface area contributed by atoms with Gasteiger partial charge >= 0.3 is 0 Å². The van der Waals surface area contributed by atoms with Gasteiger partial charge < -0.3 is 14.4 Å². The van der Waals surface area contributed by atoms with E-state index in [2.05, 4.69) is 9.97 Å². The first-order chi connectivity index (χ1) is 9.22. The van der Waals surface area contributed by atoms with E-state index in [1.54, 1.807) is 20.3 Å². The lowest BCUT2D eigenvalue weighted by Crippen LogP contribution is -2.48. The van der Waals surface area contributed by atoms with Crippen LogP contribution < -0.4 is 14.4 Å². The summed E-state index contributed by atoms with van der Waals surface area (Å²) in [5, 5.41) is 0.840. The lowest BCUT2D eigenvalue weighted by atomic mass is 10.1. The van der Waals surface area contributed by atoms with Crippen LogP contribution in [0.1, 0.15) is 0 Å². The molecule has 0 amide bonds. The van der Waals surface area contributed by atoms with E-state index >= 15 is 0 Å². The van der Waals surface area contributed by atoms with Crippen LogP contribution in [0.15, 0.2) is 18.5 Å². The standard InChI is InChI=1S/C13H14FN3O2/c1-18-11-3-9-10(4-12(11)19-2)15-7-16-13(9)17-5-8(14)6-17/h3-4,7-8H,5-6H2,1-2H3. The minimum absolute atomic E-state index is 0.375. The number of hydrogen-bond acceptors (Lipinski definition) is 5. The second-order valence-electron chi connectivity index (χ2n) is 4.42. The zero-order valence-electron chi connectivity index (χ0n) is 10.8. The van der Waals surface area contributed by atoms with Crippen molar-refractivity contribution in [3.05, 3.63) is 18.5 Å². The fourth-order valence-electron chi connectivity index (χ4n) is 2.22. The number of halogens is 1. The third-order valence-electron chi connectivity index (χ3n) is 3.26. The molecule has 1 aromatic carbocycles. The van der Waals surface area contributed by atoms with Crippen molar-refractivity contribution in [3.63, 3.8) is 0 Å². The molecule has 3 rings (SSSR count). The number of alkyl halides is 1. The number of rotatable bonds is 3. The highest BCUT2D eigenvalue weighted by atomic mass is 19.1. The first-order valence-corrected chi connectivity index (χ1v) is 5.98. The average molecular weight is 263 g/mol. The highest BCUT2D eigenvalue weighted by molar-refractivity contribution is 5.92. The van der Waals surface area contributed by atoms with Crippen LogP contribution in [-0.2, 0) is 0 Å². The van der Waals surface area contributed by atoms with Gasteiger partial charge in [0.25, 0.3) is 0 Å². The number of hydrogen-bond donors (Lipinski definition) is 0. The molecule has 100 valence electrons. The Morgan fingerprint density at radius 2 is 1.84 bits per heavy atom. The molecule has 0 radical (unpaired) electrons. The van der Waals surface area contributed by atoms with Crippen LogP contribution in [0, 0.1) is 0 Å². The van der Waals surface area contributed by atoms with E-state index in [0.717, 1.165) is 16.7 Å². The molecule has 1 saturated heterocycles. The molecule has 0 aliphatic carbocycles. The fraction of sp³-hybridized carbons (Fsp3) is 0.385. The lowest BCUT2D eigenvalue weighted by molar-refractivity contribution is 0.274. The predicted octanol–water partition coefficient (Wildman–Crippen LogP) is 1.81. The van der Waals surface area contributed by atoms with Gasteiger partial charge in [0.15, 0.2) is 11.5 Å². The quantitative estimate of drug-likeness (QED) is 0.845. The zero-order valence-corrected chi connectivity index (χ0v) is 10.8. The maximum Gasteiger partial charge on any atom is 0.162 e. The molecule has 0 saturated carbocycles. The molecule has 0 N–H and O–H groups in total. The van der Waals surface area contributed by atoms with Gasteiger partial charge in [-0.05, 0) is 6.07 Å². The molecular formula is C13H14FN3O2. The highest BCUT2D eigenvalue weighted by Gasteiger charge is 2.28. The maximum absolute atomic E-state index is 13.0. The second kappa shape index (κ2) is 4.53. The summed E-state index contributed by atoms with van der Waals surface area (Å²) in [5.74, 6) is 1.97. The van der Waals surface area contributed by atoms with Crippen molar-refractivity contribution in [2.45, 2.75) is 6.17 Å². The largest absolute Gasteiger partial charge is 0.493 e. The summed E-state index contributed by atoms with van der Waals surface area (Å²) >= 11 is 0. The summed E-state index contributed by atoms with van der Waals surface area (Å²) in [7, 11) is 3.16. The van der Waals surface area contributed by atoms with Crippen molar-refractivity contribution in [3.8, 4) is 11.5 Å². The summed E-state index contributed by atoms with van der Waals surface area (Å²) in [6, 6.07) is 3.63. The third-order valence-corrected chi connectivity index (χ3v) is 3.26. The minimum atomic E-state index is -0.773. The van der Waals surface area contributed by atoms with Crippen LogP contribution in [0.4, 0.5) is 10.2 Å². The average Bonchev–Trinajstić information content (AvgIpc) is 2.41. The summed E-state index contributed by atoms with van der Waals surface area (Å²) in [5.41, 5.74) is 0.755. The van der Waals surface area contributed by atoms with Crippen LogP contribution in [0.2, 0.25) is 0 Å². The van der Waals surface area contributed by atoms with Crippen LogP contribution in [0.25, 0.3) is 10.9 Å². The van der Waals surface area contributed by atoms with Crippen LogP contribution in [0.3, 0.4) is 0 Å². The van der Waals surface area contributed by atoms with Crippen molar-refractivity contribution in [2.24, 2.45) is 0 Å². The van der Waals surface area contributed by atoms with E-state index in [-0.39, 0.29) is 0 Å². The maximum atomic E-state index is 13.0. The van der Waals surface area contributed by atoms with Crippen LogP contribution >= 0.6 is 0 Å². The van der Waals surface area contributed by atoms with Crippen molar-refractivity contribution >= 4 is 16.7 Å². The molecule has 1 aliphatic heterocycles. The van der Waals surface area contributed by atoms with Crippen LogP contribution in [-0.4, -0.2) is 43.4 Å². The van der Waals surface area contributed by atoms with E-state index in [0.29, 0.717) is 24.6 Å². The van der Waals surface area contributed by atoms with Gasteiger partial charge in [0.2, 0.25) is 0 Å². The molecule has 0 spiro atoms. The van der Waals surface area contributed by atoms with Crippen molar-refractivity contribution in [1.29, 1.82) is 0 Å². The molecule has 5 nitrogen and oxygen atoms in total. The summed E-state index contributed by atoms with van der Waals surface area (Å²) in [4.78, 5) is 10.4. The Labute approximate surface area is 110 Å². The Morgan fingerprint density at radius 3 is 2.47 bits per heavy atom. The normalized spacial score (nSPS) is 15.4. The Bertz CT molecular complexity index is 614. The Balaban J connectivity index is 2.13. The minimum Gasteiger partial charge on any atom is -0.493 e. The molecule has 0 unspecified atom stereocenters. The van der Waals surface area contributed by atoms with Gasteiger partial charge in [0.05, 0.1) is 32.8 Å². The Kier molecular flexibility index (Phi) is 2.85. The fourth-order valence-corrected chi connectivity index (χ4v) is 2.22. The molecule has 1 aliphatic rings. The van der Waals surface area contributed by atoms with Gasteiger partial charge in [0.1, 0.15) is 18.3 Å². The molecule has 2 aromatic rings. The van der Waals surface area contributed by atoms with Crippen LogP contribution in [0.5, 0.6) is 11.5 Å². The van der Waals surface area contributed by atoms with Crippen molar-refractivity contribution in [2.75, 3.05) is 32.2 Å². The van der Waals surface area contributed by atoms with E-state index < -0.39 is 6.17 Å². The molecule has 19 heavy (non-hydrogen) atoms. The number of aromatic nitrogens is 2. The molecule has 0 bridgehead atoms. The van der Waals surface area contributed by atoms with Gasteiger partial charge in [0, 0.05) is 11.5 Å². The molecule has 1 aromatic heterocycles. The SMILES string of the molecule is COc1cc2ncnc(N3CC(F)C3)c2cc1OC. The van der Waals surface area contributed by atoms with Gasteiger partial charge in [-0.25, -0.2) is 14.4 Å². The number of methoxy groups -OCH3 is 2. The van der Waals surface area contributed by atoms with E-state index in [1.807, 2.05) is 11.0 Å². The van der Waals surface area contributed by atoms with E-state index in [4.69, 9.17) is 9.47 Å². The summed E-state index contributed by atoms with van der Waals surface area (Å²) in [6.07, 6.45) is 0.708. The Hall–Kier alpha value is -2.11. The Morgan fingerprint density at radius 1 is 1.16 bits per heavy atom. The highest BCUT2D eigenvalue weighted by Crippen LogP contribution is 2.35. The van der Waals surface area contributed by atoms with Crippen molar-refractivity contribution < 1.29 is 13.9 Å². The molecular weight excluding hydrogens is 249 g/mol. The first kappa shape index (κ1) is 12.0. The molecule has 1 fully saturated rings. The number of ether oxygens (including phenoxy) is 2. The van der Waals surface area contributed by atoms with Gasteiger partial charge in [-0.1, -0.05) is 0 Å². The molecule has 2 heterocycles.